The van der Waals surface area contributed by atoms with Crippen LogP contribution < -0.4 is 5.73 Å². The summed E-state index contributed by atoms with van der Waals surface area (Å²) in [5.74, 6) is -0.276. The number of hydrogen-bond donors (Lipinski definition) is 1. The first kappa shape index (κ1) is 16.7. The number of primary amides is 1. The van der Waals surface area contributed by atoms with Gasteiger partial charge in [-0.05, 0) is 44.9 Å². The molecule has 2 N–H and O–H groups in total. The molecule has 2 atom stereocenters. The fourth-order valence-electron chi connectivity index (χ4n) is 3.77. The molecule has 0 spiro atoms. The number of benzene rings is 1. The number of likely N-dealkylation sites (tertiary alicyclic amines) is 1. The Morgan fingerprint density at radius 1 is 1.29 bits per heavy atom. The number of aromatic nitrogens is 2. The van der Waals surface area contributed by atoms with Crippen LogP contribution in [-0.4, -0.2) is 33.2 Å². The van der Waals surface area contributed by atoms with E-state index in [0.717, 1.165) is 42.9 Å². The molecule has 0 saturated carbocycles. The zero-order chi connectivity index (χ0) is 17.1. The Bertz CT molecular complexity index is 695. The van der Waals surface area contributed by atoms with Gasteiger partial charge in [-0.1, -0.05) is 36.8 Å². The van der Waals surface area contributed by atoms with E-state index < -0.39 is 0 Å². The Morgan fingerprint density at radius 3 is 2.67 bits per heavy atom. The second-order valence-corrected chi connectivity index (χ2v) is 6.71. The third-order valence-corrected chi connectivity index (χ3v) is 4.88. The van der Waals surface area contributed by atoms with Crippen molar-refractivity contribution in [3.05, 3.63) is 53.3 Å². The molecule has 3 rings (SSSR count). The molecule has 128 valence electrons. The van der Waals surface area contributed by atoms with Crippen molar-refractivity contribution in [2.24, 2.45) is 5.73 Å². The number of nitrogens with two attached hydrogens (primary N) is 1. The van der Waals surface area contributed by atoms with Gasteiger partial charge in [0.2, 0.25) is 5.91 Å². The smallest absolute Gasteiger partial charge is 0.239 e. The van der Waals surface area contributed by atoms with Gasteiger partial charge in [0.25, 0.3) is 0 Å². The van der Waals surface area contributed by atoms with Crippen LogP contribution in [-0.2, 0) is 11.3 Å². The minimum atomic E-state index is -0.367. The molecule has 5 heteroatoms. The van der Waals surface area contributed by atoms with Gasteiger partial charge in [-0.2, -0.15) is 5.10 Å². The summed E-state index contributed by atoms with van der Waals surface area (Å²) < 4.78 is 2.06. The quantitative estimate of drug-likeness (QED) is 0.918. The highest BCUT2D eigenvalue weighted by Crippen LogP contribution is 2.29. The first-order chi connectivity index (χ1) is 11.6. The molecule has 1 amide bonds. The number of hydrogen-bond acceptors (Lipinski definition) is 3. The van der Waals surface area contributed by atoms with Crippen LogP contribution in [0.4, 0.5) is 0 Å². The number of piperidine rings is 1. The molecule has 1 aliphatic heterocycles. The van der Waals surface area contributed by atoms with Gasteiger partial charge in [0, 0.05) is 11.7 Å². The Kier molecular flexibility index (Phi) is 5.00. The third-order valence-electron chi connectivity index (χ3n) is 4.88. The van der Waals surface area contributed by atoms with Crippen molar-refractivity contribution in [2.75, 3.05) is 6.54 Å². The summed E-state index contributed by atoms with van der Waals surface area (Å²) in [5, 5.41) is 4.59. The number of aryl methyl sites for hydroxylation is 2. The molecule has 5 nitrogen and oxygen atoms in total. The number of amides is 1. The fraction of sp³-hybridized carbons (Fsp3) is 0.474. The predicted octanol–water partition coefficient (Wildman–Crippen LogP) is 2.58. The van der Waals surface area contributed by atoms with Crippen molar-refractivity contribution < 1.29 is 4.79 Å². The maximum atomic E-state index is 12.2. The van der Waals surface area contributed by atoms with Gasteiger partial charge in [0.05, 0.1) is 12.2 Å². The lowest BCUT2D eigenvalue weighted by molar-refractivity contribution is -0.125. The average Bonchev–Trinajstić information content (AvgIpc) is 2.87. The number of nitrogens with zero attached hydrogens (tertiary/aromatic N) is 3. The zero-order valence-corrected chi connectivity index (χ0v) is 14.5. The first-order valence-corrected chi connectivity index (χ1v) is 8.67. The molecular weight excluding hydrogens is 300 g/mol. The lowest BCUT2D eigenvalue weighted by atomic mass is 9.95. The van der Waals surface area contributed by atoms with Gasteiger partial charge >= 0.3 is 0 Å². The second kappa shape index (κ2) is 7.18. The summed E-state index contributed by atoms with van der Waals surface area (Å²) in [4.78, 5) is 14.5. The molecule has 0 radical (unpaired) electrons. The molecule has 1 saturated heterocycles. The Balaban J connectivity index is 1.87. The minimum absolute atomic E-state index is 0.273. The number of carbonyl (C=O) groups excluding carboxylic acids is 1. The first-order valence-electron chi connectivity index (χ1n) is 8.67. The van der Waals surface area contributed by atoms with Crippen molar-refractivity contribution in [2.45, 2.75) is 51.7 Å². The zero-order valence-electron chi connectivity index (χ0n) is 14.5. The maximum absolute atomic E-state index is 12.2. The van der Waals surface area contributed by atoms with Gasteiger partial charge in [-0.3, -0.25) is 14.4 Å². The van der Waals surface area contributed by atoms with Crippen molar-refractivity contribution >= 4 is 5.91 Å². The van der Waals surface area contributed by atoms with Crippen molar-refractivity contribution in [1.82, 2.24) is 14.7 Å². The number of rotatable bonds is 5. The van der Waals surface area contributed by atoms with Gasteiger partial charge < -0.3 is 5.73 Å². The maximum Gasteiger partial charge on any atom is 0.239 e. The molecule has 1 aliphatic rings. The molecule has 0 aliphatic carbocycles. The monoisotopic (exact) mass is 326 g/mol. The van der Waals surface area contributed by atoms with Crippen LogP contribution in [0.2, 0.25) is 0 Å². The summed E-state index contributed by atoms with van der Waals surface area (Å²) in [6.45, 7) is 5.79. The molecule has 0 bridgehead atoms. The standard InChI is InChI=1S/C19H26N4O/c1-14-12-15(2)23(21-14)13-17-10-6-7-11-22(17)18(19(20)24)16-8-4-3-5-9-16/h3-5,8-9,12,17-18H,6-7,10-11,13H2,1-2H3,(H2,20,24)/t17-,18+/m0/s1. The van der Waals surface area contributed by atoms with Crippen LogP contribution in [0.5, 0.6) is 0 Å². The summed E-state index contributed by atoms with van der Waals surface area (Å²) in [6.07, 6.45) is 3.35. The van der Waals surface area contributed by atoms with Gasteiger partial charge in [0.1, 0.15) is 6.04 Å². The molecule has 1 aromatic carbocycles. The third kappa shape index (κ3) is 3.51. The Morgan fingerprint density at radius 2 is 2.04 bits per heavy atom. The topological polar surface area (TPSA) is 64.2 Å². The fourth-order valence-corrected chi connectivity index (χ4v) is 3.77. The lowest BCUT2D eigenvalue weighted by Gasteiger charge is -2.40. The van der Waals surface area contributed by atoms with Crippen LogP contribution >= 0.6 is 0 Å². The van der Waals surface area contributed by atoms with E-state index >= 15 is 0 Å². The highest BCUT2D eigenvalue weighted by atomic mass is 16.1. The number of carbonyl (C=O) groups is 1. The highest BCUT2D eigenvalue weighted by molar-refractivity contribution is 5.81. The SMILES string of the molecule is Cc1cc(C)n(C[C@@H]2CCCCN2[C@@H](C(N)=O)c2ccccc2)n1. The van der Waals surface area contributed by atoms with Gasteiger partial charge in [0.15, 0.2) is 0 Å². The largest absolute Gasteiger partial charge is 0.368 e. The molecule has 2 aromatic rings. The van der Waals surface area contributed by atoms with E-state index in [0.29, 0.717) is 0 Å². The molecular formula is C19H26N4O. The molecule has 24 heavy (non-hydrogen) atoms. The summed E-state index contributed by atoms with van der Waals surface area (Å²) in [7, 11) is 0. The Labute approximate surface area is 143 Å². The van der Waals surface area contributed by atoms with E-state index in [9.17, 15) is 4.79 Å². The molecule has 1 aromatic heterocycles. The summed E-state index contributed by atoms with van der Waals surface area (Å²) >= 11 is 0. The normalized spacial score (nSPS) is 20.0. The Hall–Kier alpha value is -2.14. The van der Waals surface area contributed by atoms with Crippen LogP contribution in [0.1, 0.15) is 42.3 Å². The van der Waals surface area contributed by atoms with Gasteiger partial charge in [-0.15, -0.1) is 0 Å². The van der Waals surface area contributed by atoms with Crippen molar-refractivity contribution in [3.8, 4) is 0 Å². The molecule has 0 unspecified atom stereocenters. The van der Waals surface area contributed by atoms with E-state index in [2.05, 4.69) is 27.7 Å². The van der Waals surface area contributed by atoms with Gasteiger partial charge in [-0.25, -0.2) is 0 Å². The summed E-state index contributed by atoms with van der Waals surface area (Å²) in [5.41, 5.74) is 8.96. The average molecular weight is 326 g/mol. The van der Waals surface area contributed by atoms with E-state index in [-0.39, 0.29) is 18.0 Å². The second-order valence-electron chi connectivity index (χ2n) is 6.71. The van der Waals surface area contributed by atoms with E-state index in [1.165, 1.54) is 6.42 Å². The summed E-state index contributed by atoms with van der Waals surface area (Å²) in [6, 6.07) is 11.9. The van der Waals surface area contributed by atoms with Crippen molar-refractivity contribution in [3.63, 3.8) is 0 Å². The van der Waals surface area contributed by atoms with E-state index in [1.807, 2.05) is 37.3 Å². The lowest BCUT2D eigenvalue weighted by Crippen LogP contribution is -2.48. The predicted molar refractivity (Wildman–Crippen MR) is 94.4 cm³/mol. The van der Waals surface area contributed by atoms with Crippen molar-refractivity contribution in [1.29, 1.82) is 0 Å². The van der Waals surface area contributed by atoms with E-state index in [1.54, 1.807) is 0 Å². The molecule has 2 heterocycles. The van der Waals surface area contributed by atoms with Crippen LogP contribution in [0.15, 0.2) is 36.4 Å². The molecule has 1 fully saturated rings. The van der Waals surface area contributed by atoms with Crippen LogP contribution in [0, 0.1) is 13.8 Å². The van der Waals surface area contributed by atoms with Crippen LogP contribution in [0.25, 0.3) is 0 Å². The minimum Gasteiger partial charge on any atom is -0.368 e. The highest BCUT2D eigenvalue weighted by Gasteiger charge is 2.33. The van der Waals surface area contributed by atoms with E-state index in [4.69, 9.17) is 5.73 Å². The van der Waals surface area contributed by atoms with Crippen LogP contribution in [0.3, 0.4) is 0 Å².